The van der Waals surface area contributed by atoms with E-state index in [-0.39, 0.29) is 17.9 Å². The van der Waals surface area contributed by atoms with Gasteiger partial charge in [0.25, 0.3) is 0 Å². The molecule has 2 unspecified atom stereocenters. The van der Waals surface area contributed by atoms with E-state index >= 15 is 0 Å². The zero-order chi connectivity index (χ0) is 24.1. The van der Waals surface area contributed by atoms with E-state index in [2.05, 4.69) is 10.6 Å². The van der Waals surface area contributed by atoms with Crippen molar-refractivity contribution in [2.45, 2.75) is 97.4 Å². The molecule has 178 valence electrons. The topological polar surface area (TPSA) is 87.7 Å². The third-order valence-electron chi connectivity index (χ3n) is 5.89. The summed E-state index contributed by atoms with van der Waals surface area (Å²) in [6.07, 6.45) is 4.65. The van der Waals surface area contributed by atoms with Crippen molar-refractivity contribution in [3.63, 3.8) is 0 Å². The fourth-order valence-corrected chi connectivity index (χ4v) is 3.99. The van der Waals surface area contributed by atoms with Crippen molar-refractivity contribution in [2.24, 2.45) is 0 Å². The van der Waals surface area contributed by atoms with Gasteiger partial charge in [-0.15, -0.1) is 0 Å². The van der Waals surface area contributed by atoms with E-state index in [1.807, 2.05) is 32.0 Å². The van der Waals surface area contributed by atoms with Crippen LogP contribution in [0.1, 0.15) is 82.5 Å². The summed E-state index contributed by atoms with van der Waals surface area (Å²) in [6.45, 7) is 10.9. The summed E-state index contributed by atoms with van der Waals surface area (Å²) in [5.74, 6) is -0.557. The van der Waals surface area contributed by atoms with Crippen LogP contribution in [0.5, 0.6) is 0 Å². The standard InChI is InChI=1S/C25H39N3O4/c1-16-13-14-19(15-17(16)2)21(22(29)27-20-11-9-8-10-12-20)28(7)23(30)18(3)26-24(31)32-25(4,5)6/h13-15,18,20-21H,8-12H2,1-7H3,(H,26,31)(H,27,29). The zero-order valence-corrected chi connectivity index (χ0v) is 20.6. The summed E-state index contributed by atoms with van der Waals surface area (Å²) < 4.78 is 5.26. The lowest BCUT2D eigenvalue weighted by molar-refractivity contribution is -0.140. The largest absolute Gasteiger partial charge is 0.444 e. The molecule has 2 rings (SSSR count). The van der Waals surface area contributed by atoms with Gasteiger partial charge in [0.15, 0.2) is 0 Å². The predicted octanol–water partition coefficient (Wildman–Crippen LogP) is 4.17. The van der Waals surface area contributed by atoms with Gasteiger partial charge in [0.2, 0.25) is 11.8 Å². The van der Waals surface area contributed by atoms with Crippen molar-refractivity contribution in [1.29, 1.82) is 0 Å². The number of carbonyl (C=O) groups is 3. The molecule has 0 heterocycles. The van der Waals surface area contributed by atoms with Gasteiger partial charge in [0, 0.05) is 13.1 Å². The summed E-state index contributed by atoms with van der Waals surface area (Å²) in [5.41, 5.74) is 2.26. The van der Waals surface area contributed by atoms with Crippen LogP contribution in [0.25, 0.3) is 0 Å². The van der Waals surface area contributed by atoms with E-state index in [1.54, 1.807) is 34.7 Å². The van der Waals surface area contributed by atoms with Gasteiger partial charge < -0.3 is 20.3 Å². The Kier molecular flexibility index (Phi) is 8.70. The molecule has 1 aliphatic rings. The van der Waals surface area contributed by atoms with Crippen LogP contribution in [0.4, 0.5) is 4.79 Å². The third-order valence-corrected chi connectivity index (χ3v) is 5.89. The summed E-state index contributed by atoms with van der Waals surface area (Å²) >= 11 is 0. The van der Waals surface area contributed by atoms with Crippen molar-refractivity contribution in [1.82, 2.24) is 15.5 Å². The molecule has 0 aromatic heterocycles. The second kappa shape index (κ2) is 10.8. The number of likely N-dealkylation sites (N-methyl/N-ethyl adjacent to an activating group) is 1. The number of hydrogen-bond acceptors (Lipinski definition) is 4. The van der Waals surface area contributed by atoms with E-state index < -0.39 is 23.8 Å². The lowest BCUT2D eigenvalue weighted by atomic mass is 9.94. The number of carbonyl (C=O) groups excluding carboxylic acids is 3. The van der Waals surface area contributed by atoms with Gasteiger partial charge in [-0.1, -0.05) is 37.5 Å². The van der Waals surface area contributed by atoms with E-state index in [0.717, 1.165) is 42.4 Å². The molecule has 1 aromatic carbocycles. The molecule has 1 aliphatic carbocycles. The number of aryl methyl sites for hydroxylation is 2. The third kappa shape index (κ3) is 7.24. The van der Waals surface area contributed by atoms with Gasteiger partial charge in [-0.2, -0.15) is 0 Å². The first-order valence-corrected chi connectivity index (χ1v) is 11.5. The van der Waals surface area contributed by atoms with Gasteiger partial charge in [0.1, 0.15) is 17.7 Å². The SMILES string of the molecule is Cc1ccc(C(C(=O)NC2CCCCC2)N(C)C(=O)C(C)NC(=O)OC(C)(C)C)cc1C. The molecule has 3 amide bonds. The molecule has 1 aromatic rings. The summed E-state index contributed by atoms with van der Waals surface area (Å²) in [6, 6.07) is 4.31. The van der Waals surface area contributed by atoms with Crippen LogP contribution in [0.15, 0.2) is 18.2 Å². The van der Waals surface area contributed by atoms with Crippen molar-refractivity contribution in [3.8, 4) is 0 Å². The van der Waals surface area contributed by atoms with E-state index in [1.165, 1.54) is 11.3 Å². The Hall–Kier alpha value is -2.57. The minimum Gasteiger partial charge on any atom is -0.444 e. The first-order chi connectivity index (χ1) is 14.9. The van der Waals surface area contributed by atoms with Crippen molar-refractivity contribution >= 4 is 17.9 Å². The van der Waals surface area contributed by atoms with E-state index in [9.17, 15) is 14.4 Å². The molecule has 0 radical (unpaired) electrons. The molecular weight excluding hydrogens is 406 g/mol. The second-order valence-electron chi connectivity index (χ2n) is 9.91. The second-order valence-corrected chi connectivity index (χ2v) is 9.91. The van der Waals surface area contributed by atoms with Crippen LogP contribution in [0, 0.1) is 13.8 Å². The highest BCUT2D eigenvalue weighted by atomic mass is 16.6. The Morgan fingerprint density at radius 1 is 1.06 bits per heavy atom. The fraction of sp³-hybridized carbons (Fsp3) is 0.640. The van der Waals surface area contributed by atoms with Crippen LogP contribution in [-0.2, 0) is 14.3 Å². The molecule has 0 spiro atoms. The average molecular weight is 446 g/mol. The minimum absolute atomic E-state index is 0.131. The molecule has 2 N–H and O–H groups in total. The average Bonchev–Trinajstić information content (AvgIpc) is 2.69. The first kappa shape index (κ1) is 25.7. The molecule has 2 atom stereocenters. The number of alkyl carbamates (subject to hydrolysis) is 1. The van der Waals surface area contributed by atoms with E-state index in [4.69, 9.17) is 4.74 Å². The molecule has 7 nitrogen and oxygen atoms in total. The molecule has 7 heteroatoms. The number of ether oxygens (including phenoxy) is 1. The Morgan fingerprint density at radius 2 is 1.69 bits per heavy atom. The molecule has 1 saturated carbocycles. The molecule has 1 fully saturated rings. The fourth-order valence-electron chi connectivity index (χ4n) is 3.99. The van der Waals surface area contributed by atoms with Gasteiger partial charge in [-0.25, -0.2) is 4.79 Å². The number of amides is 3. The Balaban J connectivity index is 2.22. The normalized spacial score (nSPS) is 16.6. The van der Waals surface area contributed by atoms with Crippen molar-refractivity contribution in [2.75, 3.05) is 7.05 Å². The first-order valence-electron chi connectivity index (χ1n) is 11.5. The summed E-state index contributed by atoms with van der Waals surface area (Å²) in [4.78, 5) is 40.1. The van der Waals surface area contributed by atoms with Crippen LogP contribution >= 0.6 is 0 Å². The Labute approximate surface area is 192 Å². The van der Waals surface area contributed by atoms with Gasteiger partial charge in [-0.05, 0) is 71.1 Å². The highest BCUT2D eigenvalue weighted by Crippen LogP contribution is 2.25. The zero-order valence-electron chi connectivity index (χ0n) is 20.6. The smallest absolute Gasteiger partial charge is 0.408 e. The van der Waals surface area contributed by atoms with Gasteiger partial charge >= 0.3 is 6.09 Å². The number of nitrogens with zero attached hydrogens (tertiary/aromatic N) is 1. The Morgan fingerprint density at radius 3 is 2.25 bits per heavy atom. The lowest BCUT2D eigenvalue weighted by Gasteiger charge is -2.32. The van der Waals surface area contributed by atoms with Crippen LogP contribution in [0.3, 0.4) is 0 Å². The summed E-state index contributed by atoms with van der Waals surface area (Å²) in [5, 5.41) is 5.73. The number of nitrogens with one attached hydrogen (secondary N) is 2. The van der Waals surface area contributed by atoms with Crippen LogP contribution in [0.2, 0.25) is 0 Å². The molecule has 0 saturated heterocycles. The van der Waals surface area contributed by atoms with Gasteiger partial charge in [0.05, 0.1) is 0 Å². The monoisotopic (exact) mass is 445 g/mol. The molecule has 32 heavy (non-hydrogen) atoms. The number of hydrogen-bond donors (Lipinski definition) is 2. The molecule has 0 bridgehead atoms. The summed E-state index contributed by atoms with van der Waals surface area (Å²) in [7, 11) is 1.61. The molecule has 0 aliphatic heterocycles. The lowest BCUT2D eigenvalue weighted by Crippen LogP contribution is -2.51. The quantitative estimate of drug-likeness (QED) is 0.688. The number of rotatable bonds is 6. The minimum atomic E-state index is -0.841. The van der Waals surface area contributed by atoms with Crippen molar-refractivity contribution < 1.29 is 19.1 Å². The maximum atomic E-state index is 13.4. The maximum absolute atomic E-state index is 13.4. The van der Waals surface area contributed by atoms with E-state index in [0.29, 0.717) is 0 Å². The highest BCUT2D eigenvalue weighted by Gasteiger charge is 2.33. The number of benzene rings is 1. The van der Waals surface area contributed by atoms with Crippen LogP contribution < -0.4 is 10.6 Å². The highest BCUT2D eigenvalue weighted by molar-refractivity contribution is 5.91. The van der Waals surface area contributed by atoms with Crippen LogP contribution in [-0.4, -0.2) is 47.5 Å². The maximum Gasteiger partial charge on any atom is 0.408 e. The molecular formula is C25H39N3O4. The Bertz CT molecular complexity index is 825. The predicted molar refractivity (Wildman–Crippen MR) is 125 cm³/mol. The van der Waals surface area contributed by atoms with Crippen molar-refractivity contribution in [3.05, 3.63) is 34.9 Å². The van der Waals surface area contributed by atoms with Gasteiger partial charge in [-0.3, -0.25) is 9.59 Å².